The van der Waals surface area contributed by atoms with E-state index in [1.165, 1.54) is 30.0 Å². The van der Waals surface area contributed by atoms with Gasteiger partial charge in [-0.25, -0.2) is 9.40 Å². The number of hydrogen-bond acceptors (Lipinski definition) is 7. The smallest absolute Gasteiger partial charge is 0.262 e. The first-order chi connectivity index (χ1) is 18.8. The van der Waals surface area contributed by atoms with Crippen molar-refractivity contribution in [3.05, 3.63) is 88.7 Å². The molecule has 0 saturated heterocycles. The molecule has 0 aromatic heterocycles. The quantitative estimate of drug-likeness (QED) is 0.396. The van der Waals surface area contributed by atoms with E-state index in [0.717, 1.165) is 28.3 Å². The largest absolute Gasteiger partial charge is 0.497 e. The second-order valence-corrected chi connectivity index (χ2v) is 10.4. The molecule has 0 saturated carbocycles. The molecular formula is C28H24ClFN4O4S. The summed E-state index contributed by atoms with van der Waals surface area (Å²) in [6.07, 6.45) is 0.477. The number of hydrazone groups is 1. The number of rotatable bonds is 7. The van der Waals surface area contributed by atoms with Gasteiger partial charge >= 0.3 is 0 Å². The van der Waals surface area contributed by atoms with Crippen LogP contribution in [0.1, 0.15) is 30.0 Å². The van der Waals surface area contributed by atoms with Crippen LogP contribution in [-0.4, -0.2) is 47.2 Å². The Morgan fingerprint density at radius 2 is 1.74 bits per heavy atom. The summed E-state index contributed by atoms with van der Waals surface area (Å²) in [5, 5.41) is 8.87. The molecule has 1 N–H and O–H groups in total. The highest BCUT2D eigenvalue weighted by molar-refractivity contribution is 8.15. The lowest BCUT2D eigenvalue weighted by Gasteiger charge is -2.23. The standard InChI is InChI=1S/C28H24ClFN4O4S/c1-37-19-8-3-16(4-9-19)23-14-24(17-5-10-20(38-2)11-6-17)34(33-23)28-32-27(36)25(39-28)15-26(35)31-18-7-12-22(30)21(29)13-18/h3-13,24-25H,14-15H2,1-2H3,(H,31,35). The molecule has 0 aliphatic carbocycles. The minimum Gasteiger partial charge on any atom is -0.497 e. The van der Waals surface area contributed by atoms with Crippen molar-refractivity contribution in [3.63, 3.8) is 0 Å². The van der Waals surface area contributed by atoms with Gasteiger partial charge in [0.25, 0.3) is 5.91 Å². The topological polar surface area (TPSA) is 92.6 Å². The summed E-state index contributed by atoms with van der Waals surface area (Å²) in [4.78, 5) is 29.7. The number of carbonyl (C=O) groups excluding carboxylic acids is 2. The molecule has 2 aliphatic heterocycles. The molecule has 5 rings (SSSR count). The highest BCUT2D eigenvalue weighted by atomic mass is 35.5. The van der Waals surface area contributed by atoms with Crippen LogP contribution >= 0.6 is 23.4 Å². The Kier molecular flexibility index (Phi) is 7.85. The van der Waals surface area contributed by atoms with Crippen molar-refractivity contribution in [3.8, 4) is 11.5 Å². The average molecular weight is 567 g/mol. The second-order valence-electron chi connectivity index (χ2n) is 8.83. The third kappa shape index (κ3) is 5.91. The molecule has 2 aliphatic rings. The minimum atomic E-state index is -0.715. The van der Waals surface area contributed by atoms with Gasteiger partial charge in [0, 0.05) is 18.5 Å². The molecule has 3 aromatic carbocycles. The van der Waals surface area contributed by atoms with Gasteiger partial charge in [-0.3, -0.25) is 9.59 Å². The molecule has 0 bridgehead atoms. The molecule has 2 amide bonds. The van der Waals surface area contributed by atoms with Crippen molar-refractivity contribution in [2.75, 3.05) is 19.5 Å². The van der Waals surface area contributed by atoms with Crippen LogP contribution in [0.15, 0.2) is 76.8 Å². The molecule has 39 heavy (non-hydrogen) atoms. The van der Waals surface area contributed by atoms with E-state index in [4.69, 9.17) is 26.2 Å². The number of carbonyl (C=O) groups is 2. The zero-order chi connectivity index (χ0) is 27.5. The van der Waals surface area contributed by atoms with Gasteiger partial charge in [0.15, 0.2) is 5.17 Å². The summed E-state index contributed by atoms with van der Waals surface area (Å²) in [5.74, 6) is 0.0716. The van der Waals surface area contributed by atoms with Gasteiger partial charge in [-0.1, -0.05) is 35.5 Å². The number of benzene rings is 3. The third-order valence-electron chi connectivity index (χ3n) is 6.33. The Morgan fingerprint density at radius 3 is 2.38 bits per heavy atom. The van der Waals surface area contributed by atoms with Crippen molar-refractivity contribution in [2.45, 2.75) is 24.1 Å². The van der Waals surface area contributed by atoms with Crippen molar-refractivity contribution in [1.29, 1.82) is 0 Å². The first-order valence-electron chi connectivity index (χ1n) is 12.0. The van der Waals surface area contributed by atoms with Crippen molar-refractivity contribution >= 4 is 51.7 Å². The predicted octanol–water partition coefficient (Wildman–Crippen LogP) is 5.67. The molecule has 2 heterocycles. The maximum atomic E-state index is 13.4. The lowest BCUT2D eigenvalue weighted by atomic mass is 9.98. The molecule has 2 atom stereocenters. The molecule has 0 radical (unpaired) electrons. The van der Waals surface area contributed by atoms with E-state index in [9.17, 15) is 14.0 Å². The summed E-state index contributed by atoms with van der Waals surface area (Å²) < 4.78 is 24.0. The van der Waals surface area contributed by atoms with Crippen molar-refractivity contribution < 1.29 is 23.5 Å². The number of aliphatic imine (C=N–C) groups is 1. The van der Waals surface area contributed by atoms with Crippen molar-refractivity contribution in [2.24, 2.45) is 10.1 Å². The van der Waals surface area contributed by atoms with Crippen LogP contribution in [-0.2, 0) is 9.59 Å². The lowest BCUT2D eigenvalue weighted by Crippen LogP contribution is -2.25. The lowest BCUT2D eigenvalue weighted by molar-refractivity contribution is -0.121. The summed E-state index contributed by atoms with van der Waals surface area (Å²) in [6.45, 7) is 0. The van der Waals surface area contributed by atoms with Gasteiger partial charge in [-0.15, -0.1) is 0 Å². The fraction of sp³-hybridized carbons (Fsp3) is 0.214. The van der Waals surface area contributed by atoms with Crippen LogP contribution in [0.25, 0.3) is 0 Å². The first kappa shape index (κ1) is 26.7. The summed E-state index contributed by atoms with van der Waals surface area (Å²) in [7, 11) is 3.22. The molecule has 200 valence electrons. The number of nitrogens with zero attached hydrogens (tertiary/aromatic N) is 3. The molecule has 8 nitrogen and oxygen atoms in total. The minimum absolute atomic E-state index is 0.103. The van der Waals surface area contributed by atoms with Crippen molar-refractivity contribution in [1.82, 2.24) is 5.01 Å². The number of halogens is 2. The van der Waals surface area contributed by atoms with Gasteiger partial charge in [0.2, 0.25) is 5.91 Å². The number of thioether (sulfide) groups is 1. The molecule has 3 aromatic rings. The van der Waals surface area contributed by atoms with Crippen LogP contribution in [0.3, 0.4) is 0 Å². The van der Waals surface area contributed by atoms with Gasteiger partial charge in [0.1, 0.15) is 22.6 Å². The number of amides is 2. The molecule has 0 spiro atoms. The summed E-state index contributed by atoms with van der Waals surface area (Å²) in [6, 6.07) is 19.0. The third-order valence-corrected chi connectivity index (χ3v) is 7.76. The number of hydrogen-bond donors (Lipinski definition) is 1. The molecule has 0 fully saturated rings. The normalized spacial score (nSPS) is 18.6. The van der Waals surface area contributed by atoms with Gasteiger partial charge in [-0.05, 0) is 65.7 Å². The Labute approximate surface area is 233 Å². The number of ether oxygens (including phenoxy) is 2. The fourth-order valence-electron chi connectivity index (χ4n) is 4.29. The van der Waals surface area contributed by atoms with Crippen LogP contribution in [0.5, 0.6) is 11.5 Å². The Balaban J connectivity index is 1.35. The van der Waals surface area contributed by atoms with Crippen LogP contribution in [0, 0.1) is 5.82 Å². The Morgan fingerprint density at radius 1 is 1.08 bits per heavy atom. The fourth-order valence-corrected chi connectivity index (χ4v) is 5.53. The summed E-state index contributed by atoms with van der Waals surface area (Å²) in [5.41, 5.74) is 3.09. The number of nitrogens with one attached hydrogen (secondary N) is 1. The first-order valence-corrected chi connectivity index (χ1v) is 13.3. The molecule has 2 unspecified atom stereocenters. The predicted molar refractivity (Wildman–Crippen MR) is 150 cm³/mol. The van der Waals surface area contributed by atoms with Crippen LogP contribution < -0.4 is 14.8 Å². The average Bonchev–Trinajstić information content (AvgIpc) is 3.54. The SMILES string of the molecule is COc1ccc(C2=NN(C3=NC(=O)C(CC(=O)Nc4ccc(F)c(Cl)c4)S3)C(c3ccc(OC)cc3)C2)cc1. The van der Waals surface area contributed by atoms with E-state index in [0.29, 0.717) is 17.3 Å². The highest BCUT2D eigenvalue weighted by Gasteiger charge is 2.39. The van der Waals surface area contributed by atoms with Crippen LogP contribution in [0.4, 0.5) is 10.1 Å². The van der Waals surface area contributed by atoms with Gasteiger partial charge in [-0.2, -0.15) is 10.1 Å². The van der Waals surface area contributed by atoms with E-state index >= 15 is 0 Å². The highest BCUT2D eigenvalue weighted by Crippen LogP contribution is 2.39. The molecular weight excluding hydrogens is 543 g/mol. The van der Waals surface area contributed by atoms with E-state index in [2.05, 4.69) is 10.3 Å². The second kappa shape index (κ2) is 11.5. The monoisotopic (exact) mass is 566 g/mol. The van der Waals surface area contributed by atoms with E-state index in [-0.39, 0.29) is 17.5 Å². The van der Waals surface area contributed by atoms with Gasteiger partial charge in [0.05, 0.1) is 31.0 Å². The molecule has 11 heteroatoms. The van der Waals surface area contributed by atoms with Crippen LogP contribution in [0.2, 0.25) is 5.02 Å². The summed E-state index contributed by atoms with van der Waals surface area (Å²) >= 11 is 7.00. The maximum absolute atomic E-state index is 13.4. The van der Waals surface area contributed by atoms with E-state index in [1.807, 2.05) is 48.5 Å². The zero-order valence-corrected chi connectivity index (χ0v) is 22.6. The van der Waals surface area contributed by atoms with Gasteiger partial charge < -0.3 is 14.8 Å². The zero-order valence-electron chi connectivity index (χ0n) is 21.1. The van der Waals surface area contributed by atoms with E-state index in [1.54, 1.807) is 19.2 Å². The maximum Gasteiger partial charge on any atom is 0.262 e. The van der Waals surface area contributed by atoms with E-state index < -0.39 is 22.9 Å². The number of amidine groups is 1. The Bertz CT molecular complexity index is 1460. The number of methoxy groups -OCH3 is 2. The number of anilines is 1. The Hall–Kier alpha value is -3.89.